The predicted molar refractivity (Wildman–Crippen MR) is 86.9 cm³/mol. The van der Waals surface area contributed by atoms with E-state index >= 15 is 0 Å². The third-order valence-corrected chi connectivity index (χ3v) is 3.42. The van der Waals surface area contributed by atoms with Gasteiger partial charge in [-0.05, 0) is 18.2 Å². The van der Waals surface area contributed by atoms with Crippen LogP contribution in [-0.2, 0) is 0 Å². The Morgan fingerprint density at radius 1 is 0.579 bits per heavy atom. The Labute approximate surface area is 116 Å². The Morgan fingerprint density at radius 2 is 1.05 bits per heavy atom. The summed E-state index contributed by atoms with van der Waals surface area (Å²) in [5, 5.41) is 2.60. The van der Waals surface area contributed by atoms with E-state index < -0.39 is 0 Å². The number of benzene rings is 2. The van der Waals surface area contributed by atoms with E-state index in [4.69, 9.17) is 0 Å². The van der Waals surface area contributed by atoms with Gasteiger partial charge in [0.05, 0.1) is 0 Å². The highest BCUT2D eigenvalue weighted by Crippen LogP contribution is 2.38. The van der Waals surface area contributed by atoms with E-state index in [2.05, 4.69) is 87.3 Å². The van der Waals surface area contributed by atoms with Crippen molar-refractivity contribution < 1.29 is 0 Å². The molecule has 3 nitrogen and oxygen atoms in total. The molecule has 0 fully saturated rings. The predicted octanol–water partition coefficient (Wildman–Crippen LogP) is 3.04. The molecule has 2 aromatic carbocycles. The fourth-order valence-corrected chi connectivity index (χ4v) is 2.49. The fraction of sp³-hybridized carbons (Fsp3) is 0.375. The number of hydrogen-bond acceptors (Lipinski definition) is 3. The first kappa shape index (κ1) is 13.5. The van der Waals surface area contributed by atoms with Crippen LogP contribution in [0.1, 0.15) is 0 Å². The topological polar surface area (TPSA) is 9.72 Å². The summed E-state index contributed by atoms with van der Waals surface area (Å²) in [6.45, 7) is 0. The molecule has 0 amide bonds. The quantitative estimate of drug-likeness (QED) is 0.837. The van der Waals surface area contributed by atoms with Crippen LogP contribution in [0.15, 0.2) is 30.3 Å². The summed E-state index contributed by atoms with van der Waals surface area (Å²) < 4.78 is 0. The molecular weight excluding hydrogens is 234 g/mol. The summed E-state index contributed by atoms with van der Waals surface area (Å²) in [4.78, 5) is 6.52. The molecule has 0 bridgehead atoms. The molecule has 0 saturated heterocycles. The lowest BCUT2D eigenvalue weighted by atomic mass is 10.0. The lowest BCUT2D eigenvalue weighted by molar-refractivity contribution is 1.11. The van der Waals surface area contributed by atoms with E-state index in [1.54, 1.807) is 0 Å². The summed E-state index contributed by atoms with van der Waals surface area (Å²) in [5.74, 6) is 0. The average Bonchev–Trinajstić information content (AvgIpc) is 2.35. The van der Waals surface area contributed by atoms with Crippen molar-refractivity contribution in [2.45, 2.75) is 0 Å². The smallest absolute Gasteiger partial charge is 0.0463 e. The van der Waals surface area contributed by atoms with Crippen LogP contribution in [-0.4, -0.2) is 42.3 Å². The van der Waals surface area contributed by atoms with Gasteiger partial charge in [-0.3, -0.25) is 0 Å². The monoisotopic (exact) mass is 257 g/mol. The van der Waals surface area contributed by atoms with E-state index in [1.165, 1.54) is 27.8 Å². The van der Waals surface area contributed by atoms with Gasteiger partial charge in [0.15, 0.2) is 0 Å². The highest BCUT2D eigenvalue weighted by molar-refractivity contribution is 6.09. The molecule has 0 aromatic heterocycles. The zero-order valence-corrected chi connectivity index (χ0v) is 12.7. The molecule has 102 valence electrons. The second-order valence-electron chi connectivity index (χ2n) is 5.49. The first-order chi connectivity index (χ1) is 8.93. The molecule has 19 heavy (non-hydrogen) atoms. The maximum Gasteiger partial charge on any atom is 0.0463 e. The van der Waals surface area contributed by atoms with Crippen LogP contribution < -0.4 is 14.7 Å². The van der Waals surface area contributed by atoms with Gasteiger partial charge in [0.2, 0.25) is 0 Å². The molecule has 0 atom stereocenters. The van der Waals surface area contributed by atoms with Gasteiger partial charge in [-0.1, -0.05) is 12.1 Å². The van der Waals surface area contributed by atoms with Crippen molar-refractivity contribution >= 4 is 27.8 Å². The minimum atomic E-state index is 1.25. The third-order valence-electron chi connectivity index (χ3n) is 3.42. The van der Waals surface area contributed by atoms with Crippen LogP contribution >= 0.6 is 0 Å². The van der Waals surface area contributed by atoms with Gasteiger partial charge in [-0.15, -0.1) is 0 Å². The van der Waals surface area contributed by atoms with Crippen molar-refractivity contribution in [1.82, 2.24) is 0 Å². The summed E-state index contributed by atoms with van der Waals surface area (Å²) in [7, 11) is 12.6. The van der Waals surface area contributed by atoms with Crippen molar-refractivity contribution in [3.63, 3.8) is 0 Å². The minimum absolute atomic E-state index is 1.25. The Hall–Kier alpha value is -1.90. The van der Waals surface area contributed by atoms with Gasteiger partial charge in [0.25, 0.3) is 0 Å². The Morgan fingerprint density at radius 3 is 1.58 bits per heavy atom. The van der Waals surface area contributed by atoms with Crippen LogP contribution in [0.4, 0.5) is 17.1 Å². The molecule has 2 aromatic rings. The average molecular weight is 257 g/mol. The number of hydrogen-bond donors (Lipinski definition) is 0. The van der Waals surface area contributed by atoms with E-state index in [1.807, 2.05) is 0 Å². The third kappa shape index (κ3) is 2.33. The highest BCUT2D eigenvalue weighted by Gasteiger charge is 2.13. The molecule has 0 aliphatic carbocycles. The molecule has 0 radical (unpaired) electrons. The van der Waals surface area contributed by atoms with Crippen LogP contribution in [0.25, 0.3) is 10.8 Å². The van der Waals surface area contributed by atoms with Crippen molar-refractivity contribution in [3.05, 3.63) is 30.3 Å². The van der Waals surface area contributed by atoms with E-state index in [0.717, 1.165) is 0 Å². The Bertz CT molecular complexity index is 572. The van der Waals surface area contributed by atoms with Gasteiger partial charge in [0, 0.05) is 70.1 Å². The summed E-state index contributed by atoms with van der Waals surface area (Å²) >= 11 is 0. The number of anilines is 3. The van der Waals surface area contributed by atoms with Crippen LogP contribution in [0.5, 0.6) is 0 Å². The maximum atomic E-state index is 2.20. The second kappa shape index (κ2) is 5.00. The molecule has 0 saturated carbocycles. The zero-order valence-electron chi connectivity index (χ0n) is 12.7. The lowest BCUT2D eigenvalue weighted by Gasteiger charge is -2.25. The molecular formula is C16H23N3. The van der Waals surface area contributed by atoms with Gasteiger partial charge in [-0.2, -0.15) is 0 Å². The van der Waals surface area contributed by atoms with E-state index in [9.17, 15) is 0 Å². The first-order valence-corrected chi connectivity index (χ1v) is 6.51. The minimum Gasteiger partial charge on any atom is -0.377 e. The highest BCUT2D eigenvalue weighted by atomic mass is 15.1. The van der Waals surface area contributed by atoms with Crippen molar-refractivity contribution in [3.8, 4) is 0 Å². The molecule has 3 heteroatoms. The number of nitrogens with zero attached hydrogens (tertiary/aromatic N) is 3. The first-order valence-electron chi connectivity index (χ1n) is 6.51. The van der Waals surface area contributed by atoms with Gasteiger partial charge in [0.1, 0.15) is 0 Å². The molecule has 0 spiro atoms. The van der Waals surface area contributed by atoms with Crippen molar-refractivity contribution in [2.75, 3.05) is 57.0 Å². The molecule has 0 heterocycles. The van der Waals surface area contributed by atoms with E-state index in [0.29, 0.717) is 0 Å². The SMILES string of the molecule is CN(C)c1ccc(N(C)C)c2c(N(C)C)cccc12. The Kier molecular flexibility index (Phi) is 3.56. The molecule has 0 N–H and O–H groups in total. The largest absolute Gasteiger partial charge is 0.377 e. The van der Waals surface area contributed by atoms with Crippen LogP contribution in [0.2, 0.25) is 0 Å². The molecule has 2 rings (SSSR count). The molecule has 0 unspecified atom stereocenters. The molecule has 0 aliphatic rings. The maximum absolute atomic E-state index is 2.20. The van der Waals surface area contributed by atoms with Crippen molar-refractivity contribution in [1.29, 1.82) is 0 Å². The fourth-order valence-electron chi connectivity index (χ4n) is 2.49. The number of rotatable bonds is 3. The second-order valence-corrected chi connectivity index (χ2v) is 5.49. The van der Waals surface area contributed by atoms with Crippen LogP contribution in [0, 0.1) is 0 Å². The molecule has 0 aliphatic heterocycles. The van der Waals surface area contributed by atoms with Gasteiger partial charge >= 0.3 is 0 Å². The lowest BCUT2D eigenvalue weighted by Crippen LogP contribution is -2.15. The summed E-state index contributed by atoms with van der Waals surface area (Å²) in [6.07, 6.45) is 0. The summed E-state index contributed by atoms with van der Waals surface area (Å²) in [6, 6.07) is 10.9. The van der Waals surface area contributed by atoms with Gasteiger partial charge in [-0.25, -0.2) is 0 Å². The van der Waals surface area contributed by atoms with Crippen LogP contribution in [0.3, 0.4) is 0 Å². The summed E-state index contributed by atoms with van der Waals surface area (Å²) in [5.41, 5.74) is 3.76. The van der Waals surface area contributed by atoms with Crippen molar-refractivity contribution in [2.24, 2.45) is 0 Å². The van der Waals surface area contributed by atoms with E-state index in [-0.39, 0.29) is 0 Å². The van der Waals surface area contributed by atoms with Gasteiger partial charge < -0.3 is 14.7 Å². The standard InChI is InChI=1S/C16H23N3/c1-17(2)13-10-11-15(19(5)6)16-12(13)8-7-9-14(16)18(3)4/h7-11H,1-6H3. The number of fused-ring (bicyclic) bond motifs is 1. The zero-order chi connectivity index (χ0) is 14.2. The Balaban J connectivity index is 2.89. The normalized spacial score (nSPS) is 10.6.